The van der Waals surface area contributed by atoms with Crippen molar-refractivity contribution in [3.63, 3.8) is 0 Å². The van der Waals surface area contributed by atoms with Crippen molar-refractivity contribution in [2.24, 2.45) is 0 Å². The van der Waals surface area contributed by atoms with Crippen LogP contribution >= 0.6 is 0 Å². The fourth-order valence-electron chi connectivity index (χ4n) is 1.54. The molecule has 0 bridgehead atoms. The van der Waals surface area contributed by atoms with Crippen molar-refractivity contribution < 1.29 is 19.4 Å². The minimum absolute atomic E-state index is 0.0831. The zero-order chi connectivity index (χ0) is 13.7. The summed E-state index contributed by atoms with van der Waals surface area (Å²) in [6.45, 7) is 3.31. The van der Waals surface area contributed by atoms with E-state index in [4.69, 9.17) is 4.89 Å². The van der Waals surface area contributed by atoms with E-state index in [9.17, 15) is 9.59 Å². The Morgan fingerprint density at radius 1 is 1.28 bits per heavy atom. The number of carbonyl (C=O) groups excluding carboxylic acids is 2. The molecule has 0 aliphatic carbocycles. The normalized spacial score (nSPS) is 10.3. The highest BCUT2D eigenvalue weighted by Gasteiger charge is 2.17. The van der Waals surface area contributed by atoms with Gasteiger partial charge in [-0.15, -0.1) is 0 Å². The molecule has 5 heteroatoms. The topological polar surface area (TPSA) is 55.8 Å². The number of hydrogen-bond donors (Lipinski definition) is 0. The molecule has 0 atom stereocenters. The van der Waals surface area contributed by atoms with Crippen LogP contribution in [0, 0.1) is 6.92 Å². The van der Waals surface area contributed by atoms with Crippen molar-refractivity contribution in [1.29, 1.82) is 0 Å². The van der Waals surface area contributed by atoms with Crippen LogP contribution in [0.3, 0.4) is 0 Å². The second-order valence-corrected chi connectivity index (χ2v) is 4.27. The highest BCUT2D eigenvalue weighted by atomic mass is 17.2. The van der Waals surface area contributed by atoms with Crippen LogP contribution in [0.25, 0.3) is 0 Å². The molecule has 0 amide bonds. The molecule has 0 saturated carbocycles. The van der Waals surface area contributed by atoms with Crippen LogP contribution in [-0.2, 0) is 9.68 Å². The predicted octanol–water partition coefficient (Wildman–Crippen LogP) is 1.60. The standard InChI is InChI=1S/C13H17NO4/c1-9-6-5-7-12(18-17-10(2)15)13(9)11(16)8-14(3)4/h5-7H,8H2,1-4H3. The summed E-state index contributed by atoms with van der Waals surface area (Å²) in [6, 6.07) is 5.14. The molecular weight excluding hydrogens is 234 g/mol. The van der Waals surface area contributed by atoms with Crippen molar-refractivity contribution in [3.8, 4) is 5.75 Å². The molecule has 0 unspecified atom stereocenters. The number of nitrogens with zero attached hydrogens (tertiary/aromatic N) is 1. The maximum absolute atomic E-state index is 12.1. The quantitative estimate of drug-likeness (QED) is 0.452. The fourth-order valence-corrected chi connectivity index (χ4v) is 1.54. The number of rotatable bonds is 5. The Bertz CT molecular complexity index is 454. The summed E-state index contributed by atoms with van der Waals surface area (Å²) >= 11 is 0. The Morgan fingerprint density at radius 3 is 2.50 bits per heavy atom. The minimum Gasteiger partial charge on any atom is -0.302 e. The Hall–Kier alpha value is -1.88. The van der Waals surface area contributed by atoms with E-state index in [1.54, 1.807) is 17.0 Å². The van der Waals surface area contributed by atoms with Crippen molar-refractivity contribution in [2.75, 3.05) is 20.6 Å². The van der Waals surface area contributed by atoms with Crippen LogP contribution < -0.4 is 4.89 Å². The monoisotopic (exact) mass is 251 g/mol. The third-order valence-corrected chi connectivity index (χ3v) is 2.22. The first-order chi connectivity index (χ1) is 8.41. The van der Waals surface area contributed by atoms with Gasteiger partial charge in [-0.1, -0.05) is 12.1 Å². The third-order valence-electron chi connectivity index (χ3n) is 2.22. The van der Waals surface area contributed by atoms with Crippen LogP contribution in [0.4, 0.5) is 0 Å². The lowest BCUT2D eigenvalue weighted by molar-refractivity contribution is -0.211. The molecule has 18 heavy (non-hydrogen) atoms. The Morgan fingerprint density at radius 2 is 1.94 bits per heavy atom. The molecule has 1 aromatic carbocycles. The summed E-state index contributed by atoms with van der Waals surface area (Å²) in [5.41, 5.74) is 1.22. The maximum atomic E-state index is 12.1. The summed E-state index contributed by atoms with van der Waals surface area (Å²) in [6.07, 6.45) is 0. The largest absolute Gasteiger partial charge is 0.352 e. The molecule has 0 N–H and O–H groups in total. The Labute approximate surface area is 106 Å². The molecule has 0 radical (unpaired) electrons. The summed E-state index contributed by atoms with van der Waals surface area (Å²) in [5, 5.41) is 0. The van der Waals surface area contributed by atoms with Crippen molar-refractivity contribution >= 4 is 11.8 Å². The van der Waals surface area contributed by atoms with E-state index in [1.807, 2.05) is 27.1 Å². The molecular formula is C13H17NO4. The second-order valence-electron chi connectivity index (χ2n) is 4.27. The zero-order valence-corrected chi connectivity index (χ0v) is 11.0. The molecule has 0 saturated heterocycles. The molecule has 0 aliphatic heterocycles. The van der Waals surface area contributed by atoms with Crippen LogP contribution in [0.2, 0.25) is 0 Å². The number of Topliss-reactive ketones (excluding diaryl/α,β-unsaturated/α-hetero) is 1. The highest BCUT2D eigenvalue weighted by Crippen LogP contribution is 2.23. The van der Waals surface area contributed by atoms with Gasteiger partial charge in [0.25, 0.3) is 0 Å². The van der Waals surface area contributed by atoms with Gasteiger partial charge in [0.1, 0.15) is 0 Å². The molecule has 0 fully saturated rings. The maximum Gasteiger partial charge on any atom is 0.352 e. The lowest BCUT2D eigenvalue weighted by Crippen LogP contribution is -2.23. The van der Waals surface area contributed by atoms with Gasteiger partial charge in [0.05, 0.1) is 12.1 Å². The van der Waals surface area contributed by atoms with E-state index in [0.29, 0.717) is 5.56 Å². The third kappa shape index (κ3) is 3.85. The summed E-state index contributed by atoms with van der Waals surface area (Å²) in [7, 11) is 3.62. The average Bonchev–Trinajstić information content (AvgIpc) is 2.24. The van der Waals surface area contributed by atoms with E-state index in [1.165, 1.54) is 6.92 Å². The number of ketones is 1. The summed E-state index contributed by atoms with van der Waals surface area (Å²) < 4.78 is 0. The Kier molecular flexibility index (Phi) is 4.85. The lowest BCUT2D eigenvalue weighted by atomic mass is 10.0. The molecule has 1 rings (SSSR count). The predicted molar refractivity (Wildman–Crippen MR) is 66.5 cm³/mol. The molecule has 5 nitrogen and oxygen atoms in total. The molecule has 0 spiro atoms. The summed E-state index contributed by atoms with van der Waals surface area (Å²) in [4.78, 5) is 33.9. The molecule has 0 aromatic heterocycles. The molecule has 98 valence electrons. The SMILES string of the molecule is CC(=O)OOc1cccc(C)c1C(=O)CN(C)C. The second kappa shape index (κ2) is 6.16. The number of likely N-dealkylation sites (N-methyl/N-ethyl adjacent to an activating group) is 1. The fraction of sp³-hybridized carbons (Fsp3) is 0.385. The Balaban J connectivity index is 3.00. The van der Waals surface area contributed by atoms with Gasteiger partial charge in [0, 0.05) is 6.92 Å². The smallest absolute Gasteiger partial charge is 0.302 e. The number of benzene rings is 1. The first kappa shape index (κ1) is 14.2. The van der Waals surface area contributed by atoms with Crippen molar-refractivity contribution in [2.45, 2.75) is 13.8 Å². The summed E-state index contributed by atoms with van der Waals surface area (Å²) in [5.74, 6) is -0.389. The number of aryl methyl sites for hydroxylation is 1. The lowest BCUT2D eigenvalue weighted by Gasteiger charge is -2.13. The van der Waals surface area contributed by atoms with Crippen LogP contribution in [-0.4, -0.2) is 37.3 Å². The van der Waals surface area contributed by atoms with Gasteiger partial charge >= 0.3 is 5.97 Å². The van der Waals surface area contributed by atoms with Crippen molar-refractivity contribution in [3.05, 3.63) is 29.3 Å². The van der Waals surface area contributed by atoms with Gasteiger partial charge in [0.2, 0.25) is 0 Å². The first-order valence-electron chi connectivity index (χ1n) is 5.54. The minimum atomic E-state index is -0.567. The average molecular weight is 251 g/mol. The van der Waals surface area contributed by atoms with Crippen LogP contribution in [0.1, 0.15) is 22.8 Å². The van der Waals surface area contributed by atoms with Gasteiger partial charge in [-0.3, -0.25) is 14.6 Å². The number of hydrogen-bond acceptors (Lipinski definition) is 5. The van der Waals surface area contributed by atoms with Crippen molar-refractivity contribution in [1.82, 2.24) is 4.90 Å². The molecule has 1 aromatic rings. The van der Waals surface area contributed by atoms with Crippen LogP contribution in [0.5, 0.6) is 5.75 Å². The van der Waals surface area contributed by atoms with E-state index in [-0.39, 0.29) is 18.1 Å². The van der Waals surface area contributed by atoms with E-state index in [0.717, 1.165) is 5.56 Å². The van der Waals surface area contributed by atoms with Crippen LogP contribution in [0.15, 0.2) is 18.2 Å². The number of carbonyl (C=O) groups is 2. The molecule has 0 heterocycles. The first-order valence-corrected chi connectivity index (χ1v) is 5.54. The highest BCUT2D eigenvalue weighted by molar-refractivity contribution is 6.01. The van der Waals surface area contributed by atoms with E-state index < -0.39 is 5.97 Å². The van der Waals surface area contributed by atoms with Gasteiger partial charge in [-0.25, -0.2) is 4.79 Å². The van der Waals surface area contributed by atoms with E-state index >= 15 is 0 Å². The van der Waals surface area contributed by atoms with Gasteiger partial charge in [-0.2, -0.15) is 0 Å². The van der Waals surface area contributed by atoms with Gasteiger partial charge < -0.3 is 4.90 Å². The van der Waals surface area contributed by atoms with Gasteiger partial charge in [-0.05, 0) is 32.6 Å². The molecule has 0 aliphatic rings. The van der Waals surface area contributed by atoms with Gasteiger partial charge in [0.15, 0.2) is 11.5 Å². The van der Waals surface area contributed by atoms with E-state index in [2.05, 4.69) is 4.89 Å². The zero-order valence-electron chi connectivity index (χ0n) is 11.0.